The summed E-state index contributed by atoms with van der Waals surface area (Å²) in [5.74, 6) is 0.206. The summed E-state index contributed by atoms with van der Waals surface area (Å²) in [6.07, 6.45) is 5.95. The number of thiophene rings is 1. The number of nitrogens with zero attached hydrogens (tertiary/aromatic N) is 1. The summed E-state index contributed by atoms with van der Waals surface area (Å²) in [7, 11) is 0. The minimum Gasteiger partial charge on any atom is -0.352 e. The summed E-state index contributed by atoms with van der Waals surface area (Å²) in [4.78, 5) is 15.9. The lowest BCUT2D eigenvalue weighted by Gasteiger charge is -2.33. The van der Waals surface area contributed by atoms with Gasteiger partial charge >= 0.3 is 0 Å². The summed E-state index contributed by atoms with van der Waals surface area (Å²) < 4.78 is 0. The highest BCUT2D eigenvalue weighted by molar-refractivity contribution is 7.10. The van der Waals surface area contributed by atoms with Crippen LogP contribution in [0.5, 0.6) is 0 Å². The maximum Gasteiger partial charge on any atom is 0.234 e. The van der Waals surface area contributed by atoms with Crippen LogP contribution in [0.3, 0.4) is 0 Å². The van der Waals surface area contributed by atoms with E-state index in [-0.39, 0.29) is 5.91 Å². The fraction of sp³-hybridized carbons (Fsp3) is 0.667. The van der Waals surface area contributed by atoms with Crippen LogP contribution in [0.1, 0.15) is 49.1 Å². The van der Waals surface area contributed by atoms with Gasteiger partial charge in [-0.2, -0.15) is 0 Å². The highest BCUT2D eigenvalue weighted by Crippen LogP contribution is 2.32. The quantitative estimate of drug-likeness (QED) is 0.922. The molecule has 1 N–H and O–H groups in total. The van der Waals surface area contributed by atoms with Crippen molar-refractivity contribution in [1.29, 1.82) is 0 Å². The van der Waals surface area contributed by atoms with Gasteiger partial charge in [-0.15, -0.1) is 11.3 Å². The van der Waals surface area contributed by atoms with Crippen molar-refractivity contribution in [2.75, 3.05) is 13.1 Å². The minimum atomic E-state index is 0.206. The van der Waals surface area contributed by atoms with Crippen molar-refractivity contribution >= 4 is 17.2 Å². The average Bonchev–Trinajstić information content (AvgIpc) is 3.03. The SMILES string of the molecule is C[C@@H]1c2ccsc2CCN1CC(=O)NC1CCCC1. The lowest BCUT2D eigenvalue weighted by molar-refractivity contribution is -0.123. The Morgan fingerprint density at radius 1 is 1.47 bits per heavy atom. The van der Waals surface area contributed by atoms with Gasteiger partial charge in [0.1, 0.15) is 0 Å². The zero-order chi connectivity index (χ0) is 13.2. The summed E-state index contributed by atoms with van der Waals surface area (Å²) in [5, 5.41) is 5.36. The Morgan fingerprint density at radius 2 is 2.26 bits per heavy atom. The first-order valence-corrected chi connectivity index (χ1v) is 8.21. The van der Waals surface area contributed by atoms with Crippen LogP contribution >= 0.6 is 11.3 Å². The van der Waals surface area contributed by atoms with E-state index in [9.17, 15) is 4.79 Å². The predicted molar refractivity (Wildman–Crippen MR) is 78.4 cm³/mol. The number of rotatable bonds is 3. The van der Waals surface area contributed by atoms with Crippen LogP contribution in [-0.2, 0) is 11.2 Å². The molecular weight excluding hydrogens is 256 g/mol. The third kappa shape index (κ3) is 2.84. The summed E-state index contributed by atoms with van der Waals surface area (Å²) in [5.41, 5.74) is 1.42. The molecule has 1 fully saturated rings. The molecule has 0 saturated heterocycles. The van der Waals surface area contributed by atoms with Crippen LogP contribution in [0.2, 0.25) is 0 Å². The molecule has 0 spiro atoms. The molecule has 1 aliphatic carbocycles. The maximum atomic E-state index is 12.1. The first kappa shape index (κ1) is 13.1. The van der Waals surface area contributed by atoms with Gasteiger partial charge in [-0.05, 0) is 43.2 Å². The lowest BCUT2D eigenvalue weighted by Crippen LogP contribution is -2.44. The van der Waals surface area contributed by atoms with Crippen LogP contribution in [0.4, 0.5) is 0 Å². The van der Waals surface area contributed by atoms with Gasteiger partial charge in [0.15, 0.2) is 0 Å². The van der Waals surface area contributed by atoms with Gasteiger partial charge < -0.3 is 5.32 Å². The van der Waals surface area contributed by atoms with Crippen LogP contribution in [0.15, 0.2) is 11.4 Å². The number of fused-ring (bicyclic) bond motifs is 1. The van der Waals surface area contributed by atoms with Crippen LogP contribution in [0, 0.1) is 0 Å². The Kier molecular flexibility index (Phi) is 3.89. The first-order chi connectivity index (χ1) is 9.24. The second kappa shape index (κ2) is 5.63. The number of carbonyl (C=O) groups is 1. The highest BCUT2D eigenvalue weighted by atomic mass is 32.1. The van der Waals surface area contributed by atoms with E-state index in [2.05, 4.69) is 28.6 Å². The van der Waals surface area contributed by atoms with Gasteiger partial charge in [-0.1, -0.05) is 12.8 Å². The van der Waals surface area contributed by atoms with Gasteiger partial charge in [0, 0.05) is 23.5 Å². The number of hydrogen-bond acceptors (Lipinski definition) is 3. The van der Waals surface area contributed by atoms with Crippen molar-refractivity contribution in [2.45, 2.75) is 51.1 Å². The first-order valence-electron chi connectivity index (χ1n) is 7.33. The lowest BCUT2D eigenvalue weighted by atomic mass is 10.0. The molecule has 0 unspecified atom stereocenters. The second-order valence-corrected chi connectivity index (χ2v) is 6.75. The van der Waals surface area contributed by atoms with Crippen LogP contribution < -0.4 is 5.32 Å². The standard InChI is InChI=1S/C15H22N2OS/c1-11-13-7-9-19-14(13)6-8-17(11)10-15(18)16-12-4-2-3-5-12/h7,9,11-12H,2-6,8,10H2,1H3,(H,16,18)/t11-/m1/s1. The summed E-state index contributed by atoms with van der Waals surface area (Å²) >= 11 is 1.85. The van der Waals surface area contributed by atoms with E-state index in [1.807, 2.05) is 11.3 Å². The summed E-state index contributed by atoms with van der Waals surface area (Å²) in [6.45, 7) is 3.77. The fourth-order valence-electron chi connectivity index (χ4n) is 3.31. The molecule has 4 heteroatoms. The molecule has 1 aromatic heterocycles. The van der Waals surface area contributed by atoms with Crippen molar-refractivity contribution in [3.05, 3.63) is 21.9 Å². The molecule has 3 nitrogen and oxygen atoms in total. The van der Waals surface area contributed by atoms with Crippen LogP contribution in [0.25, 0.3) is 0 Å². The van der Waals surface area contributed by atoms with Crippen molar-refractivity contribution < 1.29 is 4.79 Å². The third-order valence-corrected chi connectivity index (χ3v) is 5.47. The van der Waals surface area contributed by atoms with Crippen LogP contribution in [-0.4, -0.2) is 29.9 Å². The van der Waals surface area contributed by atoms with Crippen molar-refractivity contribution in [3.8, 4) is 0 Å². The molecule has 3 rings (SSSR count). The minimum absolute atomic E-state index is 0.206. The highest BCUT2D eigenvalue weighted by Gasteiger charge is 2.27. The Bertz CT molecular complexity index is 451. The molecule has 1 atom stereocenters. The topological polar surface area (TPSA) is 32.3 Å². The van der Waals surface area contributed by atoms with E-state index in [4.69, 9.17) is 0 Å². The normalized spacial score (nSPS) is 24.4. The van der Waals surface area contributed by atoms with Crippen molar-refractivity contribution in [3.63, 3.8) is 0 Å². The van der Waals surface area contributed by atoms with E-state index >= 15 is 0 Å². The fourth-order valence-corrected chi connectivity index (χ4v) is 4.27. The number of hydrogen-bond donors (Lipinski definition) is 1. The molecule has 1 amide bonds. The maximum absolute atomic E-state index is 12.1. The summed E-state index contributed by atoms with van der Waals surface area (Å²) in [6, 6.07) is 3.03. The predicted octanol–water partition coefficient (Wildman–Crippen LogP) is 2.73. The Labute approximate surface area is 119 Å². The zero-order valence-electron chi connectivity index (χ0n) is 11.5. The number of nitrogens with one attached hydrogen (secondary N) is 1. The molecule has 1 saturated carbocycles. The zero-order valence-corrected chi connectivity index (χ0v) is 12.3. The van der Waals surface area contributed by atoms with E-state index in [0.29, 0.717) is 18.6 Å². The van der Waals surface area contributed by atoms with Gasteiger partial charge in [-0.25, -0.2) is 0 Å². The molecule has 0 bridgehead atoms. The van der Waals surface area contributed by atoms with E-state index < -0.39 is 0 Å². The molecule has 2 aliphatic rings. The smallest absolute Gasteiger partial charge is 0.234 e. The molecule has 1 aliphatic heterocycles. The molecule has 104 valence electrons. The van der Waals surface area contributed by atoms with E-state index in [1.165, 1.54) is 23.3 Å². The Balaban J connectivity index is 1.57. The van der Waals surface area contributed by atoms with Crippen molar-refractivity contribution in [1.82, 2.24) is 10.2 Å². The number of amides is 1. The van der Waals surface area contributed by atoms with Gasteiger partial charge in [-0.3, -0.25) is 9.69 Å². The Hall–Kier alpha value is -0.870. The van der Waals surface area contributed by atoms with Gasteiger partial charge in [0.2, 0.25) is 5.91 Å². The van der Waals surface area contributed by atoms with E-state index in [0.717, 1.165) is 25.8 Å². The Morgan fingerprint density at radius 3 is 3.05 bits per heavy atom. The van der Waals surface area contributed by atoms with E-state index in [1.54, 1.807) is 0 Å². The molecule has 19 heavy (non-hydrogen) atoms. The average molecular weight is 278 g/mol. The molecule has 2 heterocycles. The van der Waals surface area contributed by atoms with Crippen molar-refractivity contribution in [2.24, 2.45) is 0 Å². The largest absolute Gasteiger partial charge is 0.352 e. The van der Waals surface area contributed by atoms with Gasteiger partial charge in [0.05, 0.1) is 6.54 Å². The third-order valence-electron chi connectivity index (χ3n) is 4.47. The number of carbonyl (C=O) groups excluding carboxylic acids is 1. The molecule has 1 aromatic rings. The molecular formula is C15H22N2OS. The second-order valence-electron chi connectivity index (χ2n) is 5.74. The monoisotopic (exact) mass is 278 g/mol. The van der Waals surface area contributed by atoms with Gasteiger partial charge in [0.25, 0.3) is 0 Å². The molecule has 0 radical (unpaired) electrons. The molecule has 0 aromatic carbocycles.